The molecule has 0 radical (unpaired) electrons. The molecule has 1 aliphatic rings. The summed E-state index contributed by atoms with van der Waals surface area (Å²) >= 11 is 6.64. The molecule has 0 saturated heterocycles. The zero-order valence-electron chi connectivity index (χ0n) is 19.4. The number of aryl methyl sites for hydroxylation is 1. The SMILES string of the molecule is Cc1ccnc(Cn2c(-c3ccc(OCC(F)CO)cc3Cl)nc3c(OC4(C)CC4)ncnc32)c1. The van der Waals surface area contributed by atoms with E-state index in [0.717, 1.165) is 24.1 Å². The molecular formula is C25H25ClFN5O3. The van der Waals surface area contributed by atoms with Crippen LogP contribution < -0.4 is 9.47 Å². The Morgan fingerprint density at radius 3 is 2.74 bits per heavy atom. The van der Waals surface area contributed by atoms with Crippen LogP contribution in [0.25, 0.3) is 22.6 Å². The van der Waals surface area contributed by atoms with Crippen LogP contribution in [0.1, 0.15) is 31.0 Å². The summed E-state index contributed by atoms with van der Waals surface area (Å²) in [6.07, 6.45) is 3.70. The highest BCUT2D eigenvalue weighted by Gasteiger charge is 2.41. The summed E-state index contributed by atoms with van der Waals surface area (Å²) < 4.78 is 26.9. The van der Waals surface area contributed by atoms with Crippen LogP contribution >= 0.6 is 11.6 Å². The minimum atomic E-state index is -1.47. The van der Waals surface area contributed by atoms with E-state index in [0.29, 0.717) is 45.7 Å². The van der Waals surface area contributed by atoms with Gasteiger partial charge in [-0.1, -0.05) is 11.6 Å². The second-order valence-corrected chi connectivity index (χ2v) is 9.39. The van der Waals surface area contributed by atoms with Crippen molar-refractivity contribution in [2.75, 3.05) is 13.2 Å². The third-order valence-corrected chi connectivity index (χ3v) is 6.21. The number of ether oxygens (including phenoxy) is 2. The van der Waals surface area contributed by atoms with Gasteiger partial charge in [0.2, 0.25) is 5.88 Å². The number of aliphatic hydroxyl groups is 1. The van der Waals surface area contributed by atoms with Crippen molar-refractivity contribution < 1.29 is 19.0 Å². The molecule has 0 amide bonds. The fourth-order valence-electron chi connectivity index (χ4n) is 3.71. The Bertz CT molecular complexity index is 1370. The van der Waals surface area contributed by atoms with E-state index in [1.807, 2.05) is 30.5 Å². The number of halogens is 2. The van der Waals surface area contributed by atoms with Crippen LogP contribution in [0, 0.1) is 6.92 Å². The second-order valence-electron chi connectivity index (χ2n) is 8.98. The van der Waals surface area contributed by atoms with Crippen LogP contribution in [0.4, 0.5) is 4.39 Å². The molecular weight excluding hydrogens is 473 g/mol. The van der Waals surface area contributed by atoms with Gasteiger partial charge in [0.1, 0.15) is 30.1 Å². The number of pyridine rings is 1. The number of alkyl halides is 1. The summed E-state index contributed by atoms with van der Waals surface area (Å²) in [5.41, 5.74) is 3.50. The van der Waals surface area contributed by atoms with Gasteiger partial charge < -0.3 is 19.1 Å². The first-order valence-corrected chi connectivity index (χ1v) is 11.7. The third kappa shape index (κ3) is 5.06. The number of rotatable bonds is 9. The van der Waals surface area contributed by atoms with Crippen molar-refractivity contribution in [1.82, 2.24) is 24.5 Å². The lowest BCUT2D eigenvalue weighted by atomic mass is 10.2. The van der Waals surface area contributed by atoms with Gasteiger partial charge in [-0.2, -0.15) is 4.98 Å². The molecule has 1 saturated carbocycles. The Morgan fingerprint density at radius 2 is 2.03 bits per heavy atom. The fraction of sp³-hybridized carbons (Fsp3) is 0.360. The highest BCUT2D eigenvalue weighted by atomic mass is 35.5. The van der Waals surface area contributed by atoms with Gasteiger partial charge in [-0.05, 0) is 62.6 Å². The number of nitrogens with zero attached hydrogens (tertiary/aromatic N) is 5. The molecule has 1 atom stereocenters. The highest BCUT2D eigenvalue weighted by molar-refractivity contribution is 6.33. The van der Waals surface area contributed by atoms with Crippen LogP contribution in [-0.2, 0) is 6.54 Å². The van der Waals surface area contributed by atoms with E-state index < -0.39 is 12.8 Å². The highest BCUT2D eigenvalue weighted by Crippen LogP contribution is 2.41. The smallest absolute Gasteiger partial charge is 0.245 e. The molecule has 8 nitrogen and oxygen atoms in total. The Labute approximate surface area is 206 Å². The van der Waals surface area contributed by atoms with Crippen molar-refractivity contribution in [3.8, 4) is 23.0 Å². The molecule has 3 heterocycles. The zero-order valence-corrected chi connectivity index (χ0v) is 20.2. The number of hydrogen-bond acceptors (Lipinski definition) is 7. The molecule has 1 N–H and O–H groups in total. The summed E-state index contributed by atoms with van der Waals surface area (Å²) in [5.74, 6) is 1.40. The van der Waals surface area contributed by atoms with Gasteiger partial charge in [0, 0.05) is 11.8 Å². The zero-order chi connectivity index (χ0) is 24.6. The summed E-state index contributed by atoms with van der Waals surface area (Å²) in [6.45, 7) is 3.60. The molecule has 35 heavy (non-hydrogen) atoms. The number of benzene rings is 1. The topological polar surface area (TPSA) is 95.2 Å². The monoisotopic (exact) mass is 497 g/mol. The molecule has 10 heteroatoms. The normalized spacial score (nSPS) is 15.2. The number of aromatic nitrogens is 5. The maximum atomic E-state index is 13.4. The molecule has 1 aromatic carbocycles. The molecule has 3 aromatic heterocycles. The summed E-state index contributed by atoms with van der Waals surface area (Å²) in [5, 5.41) is 9.25. The van der Waals surface area contributed by atoms with Crippen LogP contribution in [0.3, 0.4) is 0 Å². The number of fused-ring (bicyclic) bond motifs is 1. The summed E-state index contributed by atoms with van der Waals surface area (Å²) in [6, 6.07) is 9.00. The van der Waals surface area contributed by atoms with Gasteiger partial charge in [-0.3, -0.25) is 4.98 Å². The molecule has 1 fully saturated rings. The van der Waals surface area contributed by atoms with E-state index in [9.17, 15) is 4.39 Å². The number of aliphatic hydroxyl groups excluding tert-OH is 1. The average molecular weight is 498 g/mol. The lowest BCUT2D eigenvalue weighted by Gasteiger charge is -2.12. The number of imidazole rings is 1. The molecule has 5 rings (SSSR count). The van der Waals surface area contributed by atoms with Crippen molar-refractivity contribution in [2.24, 2.45) is 0 Å². The first-order valence-electron chi connectivity index (χ1n) is 11.3. The molecule has 1 unspecified atom stereocenters. The van der Waals surface area contributed by atoms with Crippen molar-refractivity contribution >= 4 is 22.8 Å². The summed E-state index contributed by atoms with van der Waals surface area (Å²) in [4.78, 5) is 18.2. The van der Waals surface area contributed by atoms with Crippen molar-refractivity contribution in [3.05, 3.63) is 59.1 Å². The van der Waals surface area contributed by atoms with E-state index in [4.69, 9.17) is 31.2 Å². The maximum Gasteiger partial charge on any atom is 0.245 e. The largest absolute Gasteiger partial charge is 0.490 e. The molecule has 4 aromatic rings. The van der Waals surface area contributed by atoms with E-state index >= 15 is 0 Å². The van der Waals surface area contributed by atoms with Crippen LogP contribution in [0.2, 0.25) is 5.02 Å². The predicted molar refractivity (Wildman–Crippen MR) is 130 cm³/mol. The minimum Gasteiger partial charge on any atom is -0.490 e. The first kappa shape index (κ1) is 23.4. The predicted octanol–water partition coefficient (Wildman–Crippen LogP) is 4.54. The van der Waals surface area contributed by atoms with Gasteiger partial charge in [-0.15, -0.1) is 0 Å². The van der Waals surface area contributed by atoms with Gasteiger partial charge in [0.15, 0.2) is 17.3 Å². The standard InChI is InChI=1S/C25H25ClFN5O3/c1-15-5-8-28-17(9-15)11-32-22(19-4-3-18(10-20(19)26)34-13-16(27)12-33)31-21-23(32)29-14-30-24(21)35-25(2)6-7-25/h3-5,8-10,14,16,33H,6-7,11-13H2,1-2H3. The van der Waals surface area contributed by atoms with Gasteiger partial charge in [-0.25, -0.2) is 14.4 Å². The average Bonchev–Trinajstić information content (AvgIpc) is 3.46. The Hall–Kier alpha value is -3.30. The van der Waals surface area contributed by atoms with Crippen molar-refractivity contribution in [3.63, 3.8) is 0 Å². The number of hydrogen-bond donors (Lipinski definition) is 1. The lowest BCUT2D eigenvalue weighted by molar-refractivity contribution is 0.123. The van der Waals surface area contributed by atoms with E-state index in [1.54, 1.807) is 24.4 Å². The maximum absolute atomic E-state index is 13.4. The quantitative estimate of drug-likeness (QED) is 0.362. The van der Waals surface area contributed by atoms with Gasteiger partial charge >= 0.3 is 0 Å². The Morgan fingerprint density at radius 1 is 1.20 bits per heavy atom. The fourth-order valence-corrected chi connectivity index (χ4v) is 3.97. The minimum absolute atomic E-state index is 0.233. The molecule has 0 bridgehead atoms. The second kappa shape index (κ2) is 9.39. The first-order chi connectivity index (χ1) is 16.8. The molecule has 0 spiro atoms. The van der Waals surface area contributed by atoms with E-state index in [1.165, 1.54) is 6.33 Å². The molecule has 182 valence electrons. The van der Waals surface area contributed by atoms with Crippen LogP contribution in [0.15, 0.2) is 42.9 Å². The van der Waals surface area contributed by atoms with E-state index in [2.05, 4.69) is 15.0 Å². The molecule has 0 aliphatic heterocycles. The summed E-state index contributed by atoms with van der Waals surface area (Å²) in [7, 11) is 0. The van der Waals surface area contributed by atoms with E-state index in [-0.39, 0.29) is 12.2 Å². The van der Waals surface area contributed by atoms with Crippen molar-refractivity contribution in [2.45, 2.75) is 45.0 Å². The van der Waals surface area contributed by atoms with Crippen molar-refractivity contribution in [1.29, 1.82) is 0 Å². The van der Waals surface area contributed by atoms with Crippen LogP contribution in [0.5, 0.6) is 11.6 Å². The van der Waals surface area contributed by atoms with Gasteiger partial charge in [0.25, 0.3) is 0 Å². The lowest BCUT2D eigenvalue weighted by Crippen LogP contribution is -2.16. The van der Waals surface area contributed by atoms with Crippen LogP contribution in [-0.4, -0.2) is 54.6 Å². The Balaban J connectivity index is 1.58. The third-order valence-electron chi connectivity index (χ3n) is 5.90. The molecule has 1 aliphatic carbocycles. The Kier molecular flexibility index (Phi) is 6.29. The van der Waals surface area contributed by atoms with Gasteiger partial charge in [0.05, 0.1) is 23.9 Å².